The molecule has 5 nitrogen and oxygen atoms in total. The van der Waals surface area contributed by atoms with Gasteiger partial charge >= 0.3 is 5.97 Å². The second-order valence-electron chi connectivity index (χ2n) is 3.74. The van der Waals surface area contributed by atoms with Crippen LogP contribution in [0.5, 0.6) is 0 Å². The molecule has 0 spiro atoms. The molecular formula is C11H12N2O3. The second kappa shape index (κ2) is 4.30. The number of likely N-dealkylation sites (tertiary alicyclic amines) is 1. The Balaban J connectivity index is 2.14. The average molecular weight is 220 g/mol. The van der Waals surface area contributed by atoms with Gasteiger partial charge in [-0.25, -0.2) is 9.78 Å². The monoisotopic (exact) mass is 220 g/mol. The van der Waals surface area contributed by atoms with Crippen LogP contribution < -0.4 is 0 Å². The highest BCUT2D eigenvalue weighted by atomic mass is 16.4. The maximum absolute atomic E-state index is 11.9. The summed E-state index contributed by atoms with van der Waals surface area (Å²) in [5.74, 6) is -1.15. The molecule has 1 fully saturated rings. The fourth-order valence-electron chi connectivity index (χ4n) is 1.75. The summed E-state index contributed by atoms with van der Waals surface area (Å²) in [6, 6.07) is 2.86. The van der Waals surface area contributed by atoms with E-state index < -0.39 is 5.97 Å². The molecular weight excluding hydrogens is 208 g/mol. The number of amides is 1. The summed E-state index contributed by atoms with van der Waals surface area (Å²) in [6.45, 7) is 1.55. The van der Waals surface area contributed by atoms with Gasteiger partial charge in [0.05, 0.1) is 5.56 Å². The van der Waals surface area contributed by atoms with E-state index in [4.69, 9.17) is 5.11 Å². The summed E-state index contributed by atoms with van der Waals surface area (Å²) < 4.78 is 0. The molecule has 1 amide bonds. The Morgan fingerprint density at radius 1 is 1.25 bits per heavy atom. The Morgan fingerprint density at radius 2 is 1.94 bits per heavy atom. The van der Waals surface area contributed by atoms with E-state index in [1.165, 1.54) is 18.3 Å². The van der Waals surface area contributed by atoms with Gasteiger partial charge in [-0.05, 0) is 25.0 Å². The van der Waals surface area contributed by atoms with E-state index in [1.54, 1.807) is 4.90 Å². The van der Waals surface area contributed by atoms with Crippen LogP contribution in [0.1, 0.15) is 33.7 Å². The van der Waals surface area contributed by atoms with Crippen LogP contribution in [0.4, 0.5) is 0 Å². The minimum Gasteiger partial charge on any atom is -0.477 e. The van der Waals surface area contributed by atoms with Gasteiger partial charge in [0.25, 0.3) is 5.91 Å². The van der Waals surface area contributed by atoms with Crippen molar-refractivity contribution < 1.29 is 14.7 Å². The molecule has 1 aliphatic rings. The van der Waals surface area contributed by atoms with Crippen LogP contribution in [-0.2, 0) is 0 Å². The van der Waals surface area contributed by atoms with E-state index in [-0.39, 0.29) is 11.6 Å². The molecule has 1 aromatic rings. The molecule has 16 heavy (non-hydrogen) atoms. The predicted octanol–water partition coefficient (Wildman–Crippen LogP) is 1.02. The van der Waals surface area contributed by atoms with E-state index in [1.807, 2.05) is 0 Å². The van der Waals surface area contributed by atoms with Crippen LogP contribution in [-0.4, -0.2) is 40.0 Å². The summed E-state index contributed by atoms with van der Waals surface area (Å²) in [6.07, 6.45) is 3.39. The zero-order chi connectivity index (χ0) is 11.5. The first-order valence-corrected chi connectivity index (χ1v) is 5.17. The Kier molecular flexibility index (Phi) is 2.85. The first-order valence-electron chi connectivity index (χ1n) is 5.17. The van der Waals surface area contributed by atoms with Crippen molar-refractivity contribution in [2.24, 2.45) is 0 Å². The zero-order valence-corrected chi connectivity index (χ0v) is 8.72. The third-order valence-electron chi connectivity index (χ3n) is 2.62. The van der Waals surface area contributed by atoms with E-state index in [0.29, 0.717) is 5.56 Å². The molecule has 0 atom stereocenters. The Hall–Kier alpha value is -1.91. The highest BCUT2D eigenvalue weighted by Gasteiger charge is 2.19. The minimum atomic E-state index is -1.08. The quantitative estimate of drug-likeness (QED) is 0.807. The number of carbonyl (C=O) groups excluding carboxylic acids is 1. The number of pyridine rings is 1. The van der Waals surface area contributed by atoms with E-state index >= 15 is 0 Å². The highest BCUT2D eigenvalue weighted by Crippen LogP contribution is 2.12. The average Bonchev–Trinajstić information content (AvgIpc) is 2.81. The largest absolute Gasteiger partial charge is 0.477 e. The van der Waals surface area contributed by atoms with Crippen LogP contribution in [0.25, 0.3) is 0 Å². The smallest absolute Gasteiger partial charge is 0.354 e. The van der Waals surface area contributed by atoms with Gasteiger partial charge in [-0.15, -0.1) is 0 Å². The lowest BCUT2D eigenvalue weighted by atomic mass is 10.2. The van der Waals surface area contributed by atoms with E-state index in [9.17, 15) is 9.59 Å². The van der Waals surface area contributed by atoms with Crippen molar-refractivity contribution >= 4 is 11.9 Å². The van der Waals surface area contributed by atoms with Crippen molar-refractivity contribution in [3.05, 3.63) is 29.6 Å². The van der Waals surface area contributed by atoms with Crippen LogP contribution in [0, 0.1) is 0 Å². The molecule has 1 aliphatic heterocycles. The predicted molar refractivity (Wildman–Crippen MR) is 56.3 cm³/mol. The molecule has 84 valence electrons. The lowest BCUT2D eigenvalue weighted by Gasteiger charge is -2.14. The number of carboxylic acids is 1. The van der Waals surface area contributed by atoms with Crippen molar-refractivity contribution in [1.29, 1.82) is 0 Å². The molecule has 2 rings (SSSR count). The summed E-state index contributed by atoms with van der Waals surface area (Å²) in [5, 5.41) is 8.67. The van der Waals surface area contributed by atoms with Gasteiger partial charge < -0.3 is 10.0 Å². The van der Waals surface area contributed by atoms with Gasteiger partial charge in [0.2, 0.25) is 0 Å². The highest BCUT2D eigenvalue weighted by molar-refractivity contribution is 5.95. The number of aromatic nitrogens is 1. The SMILES string of the molecule is O=C(O)c1ccc(C(=O)N2CCCC2)cn1. The van der Waals surface area contributed by atoms with Crippen LogP contribution in [0.15, 0.2) is 18.3 Å². The van der Waals surface area contributed by atoms with Gasteiger partial charge in [0, 0.05) is 19.3 Å². The lowest BCUT2D eigenvalue weighted by molar-refractivity contribution is 0.0688. The van der Waals surface area contributed by atoms with Crippen molar-refractivity contribution in [1.82, 2.24) is 9.88 Å². The summed E-state index contributed by atoms with van der Waals surface area (Å²) in [4.78, 5) is 27.9. The van der Waals surface area contributed by atoms with Gasteiger partial charge in [-0.2, -0.15) is 0 Å². The molecule has 0 aliphatic carbocycles. The minimum absolute atomic E-state index is 0.0435. The molecule has 2 heterocycles. The fraction of sp³-hybridized carbons (Fsp3) is 0.364. The number of carbonyl (C=O) groups is 2. The summed E-state index contributed by atoms with van der Waals surface area (Å²) in [5.41, 5.74) is 0.407. The van der Waals surface area contributed by atoms with Crippen molar-refractivity contribution in [2.45, 2.75) is 12.8 Å². The molecule has 0 aromatic carbocycles. The fourth-order valence-corrected chi connectivity index (χ4v) is 1.75. The van der Waals surface area contributed by atoms with Crippen molar-refractivity contribution in [3.8, 4) is 0 Å². The van der Waals surface area contributed by atoms with Crippen molar-refractivity contribution in [3.63, 3.8) is 0 Å². The maximum atomic E-state index is 11.9. The second-order valence-corrected chi connectivity index (χ2v) is 3.74. The molecule has 1 N–H and O–H groups in total. The molecule has 5 heteroatoms. The molecule has 0 radical (unpaired) electrons. The number of aromatic carboxylic acids is 1. The lowest BCUT2D eigenvalue weighted by Crippen LogP contribution is -2.27. The van der Waals surface area contributed by atoms with Crippen LogP contribution in [0.3, 0.4) is 0 Å². The summed E-state index contributed by atoms with van der Waals surface area (Å²) in [7, 11) is 0. The first kappa shape index (κ1) is 10.6. The van der Waals surface area contributed by atoms with Crippen molar-refractivity contribution in [2.75, 3.05) is 13.1 Å². The normalized spacial score (nSPS) is 15.1. The van der Waals surface area contributed by atoms with E-state index in [2.05, 4.69) is 4.98 Å². The Labute approximate surface area is 92.7 Å². The standard InChI is InChI=1S/C11H12N2O3/c14-10(13-5-1-2-6-13)8-3-4-9(11(15)16)12-7-8/h3-4,7H,1-2,5-6H2,(H,15,16). The molecule has 1 aromatic heterocycles. The molecule has 0 unspecified atom stereocenters. The number of hydrogen-bond donors (Lipinski definition) is 1. The third-order valence-corrected chi connectivity index (χ3v) is 2.62. The van der Waals surface area contributed by atoms with E-state index in [0.717, 1.165) is 25.9 Å². The zero-order valence-electron chi connectivity index (χ0n) is 8.72. The summed E-state index contributed by atoms with van der Waals surface area (Å²) >= 11 is 0. The van der Waals surface area contributed by atoms with Gasteiger partial charge in [-0.3, -0.25) is 4.79 Å². The maximum Gasteiger partial charge on any atom is 0.354 e. The topological polar surface area (TPSA) is 70.5 Å². The van der Waals surface area contributed by atoms with Crippen LogP contribution in [0.2, 0.25) is 0 Å². The number of carboxylic acid groups (broad SMARTS) is 1. The molecule has 0 bridgehead atoms. The molecule has 0 saturated carbocycles. The van der Waals surface area contributed by atoms with Crippen LogP contribution >= 0.6 is 0 Å². The third kappa shape index (κ3) is 2.03. The first-order chi connectivity index (χ1) is 7.68. The number of hydrogen-bond acceptors (Lipinski definition) is 3. The Bertz CT molecular complexity index is 408. The van der Waals surface area contributed by atoms with Gasteiger partial charge in [0.1, 0.15) is 5.69 Å². The number of rotatable bonds is 2. The van der Waals surface area contributed by atoms with Gasteiger partial charge in [-0.1, -0.05) is 0 Å². The Morgan fingerprint density at radius 3 is 2.44 bits per heavy atom. The van der Waals surface area contributed by atoms with Gasteiger partial charge in [0.15, 0.2) is 0 Å². The number of nitrogens with zero attached hydrogens (tertiary/aromatic N) is 2. The molecule has 1 saturated heterocycles.